The van der Waals surface area contributed by atoms with Crippen molar-refractivity contribution in [3.8, 4) is 0 Å². The first-order chi connectivity index (χ1) is 31.7. The predicted octanol–water partition coefficient (Wildman–Crippen LogP) is 12.4. The smallest absolute Gasteiger partial charge is 0.446 e. The molecule has 4 aromatic rings. The molecule has 10 atom stereocenters. The largest absolute Gasteiger partial charge is 0.464 e. The Kier molecular flexibility index (Phi) is 14.0. The molecule has 66 heavy (non-hydrogen) atoms. The lowest BCUT2D eigenvalue weighted by atomic mass is 9.44. The van der Waals surface area contributed by atoms with Crippen LogP contribution in [-0.2, 0) is 23.7 Å². The number of carbonyl (C=O) groups is 5. The van der Waals surface area contributed by atoms with E-state index in [4.69, 9.17) is 18.9 Å². The monoisotopic (exact) mass is 894 g/mol. The van der Waals surface area contributed by atoms with Gasteiger partial charge in [0.25, 0.3) is 0 Å². The third-order valence-electron chi connectivity index (χ3n) is 16.7. The first-order valence-electron chi connectivity index (χ1n) is 24.4. The lowest BCUT2D eigenvalue weighted by Gasteiger charge is -2.60. The van der Waals surface area contributed by atoms with Crippen molar-refractivity contribution in [3.63, 3.8) is 0 Å². The Hall–Kier alpha value is -5.57. The number of rotatable bonds is 15. The van der Waals surface area contributed by atoms with Crippen LogP contribution in [0.2, 0.25) is 0 Å². The van der Waals surface area contributed by atoms with E-state index in [0.717, 1.165) is 44.9 Å². The third-order valence-corrected chi connectivity index (χ3v) is 16.7. The standard InChI is InChI=1S/C57H66O9/c1-37(2)43(30-29-38(3)45-31-32-46-44-36-49(58)48-28-18-19-34-55(48,4)47(44)33-35-56(45,46)5)50(63-51(59)39-20-10-6-11-21-39)57(64-52(60)40-22-12-7-13-23-40,65-53(61)41-24-14-8-15-25-41)66-54(62)42-26-16-9-17-27-42/h6-17,20-27,37-38,43-48,50H,18-19,28-36H2,1-5H3/t38?,43?,44-,45+,46-,47-,48?,50?,55+,56+/m0/s1. The Bertz CT molecular complexity index is 2200. The second-order valence-electron chi connectivity index (χ2n) is 20.6. The number of ether oxygens (including phenoxy) is 4. The molecule has 0 heterocycles. The zero-order valence-electron chi connectivity index (χ0n) is 39.2. The average Bonchev–Trinajstić information content (AvgIpc) is 3.69. The van der Waals surface area contributed by atoms with Crippen LogP contribution in [0.1, 0.15) is 147 Å². The van der Waals surface area contributed by atoms with Crippen LogP contribution in [-0.4, -0.2) is 41.7 Å². The zero-order chi connectivity index (χ0) is 46.6. The van der Waals surface area contributed by atoms with Crippen molar-refractivity contribution in [1.82, 2.24) is 0 Å². The molecule has 8 rings (SSSR count). The summed E-state index contributed by atoms with van der Waals surface area (Å²) in [5.41, 5.74) is 0.676. The van der Waals surface area contributed by atoms with E-state index in [-0.39, 0.29) is 50.8 Å². The molecule has 4 aromatic carbocycles. The van der Waals surface area contributed by atoms with E-state index in [9.17, 15) is 24.0 Å². The summed E-state index contributed by atoms with van der Waals surface area (Å²) in [5, 5.41) is 0. The molecule has 0 amide bonds. The van der Waals surface area contributed by atoms with Crippen molar-refractivity contribution >= 4 is 29.7 Å². The van der Waals surface area contributed by atoms with Gasteiger partial charge in [-0.3, -0.25) is 4.79 Å². The van der Waals surface area contributed by atoms with Crippen LogP contribution in [0.25, 0.3) is 0 Å². The van der Waals surface area contributed by atoms with Crippen molar-refractivity contribution in [3.05, 3.63) is 144 Å². The Morgan fingerprint density at radius 1 is 0.576 bits per heavy atom. The second kappa shape index (κ2) is 19.7. The number of hydrogen-bond acceptors (Lipinski definition) is 9. The molecular weight excluding hydrogens is 829 g/mol. The van der Waals surface area contributed by atoms with Gasteiger partial charge in [0.05, 0.1) is 22.3 Å². The predicted molar refractivity (Wildman–Crippen MR) is 251 cm³/mol. The Morgan fingerprint density at radius 3 is 1.53 bits per heavy atom. The van der Waals surface area contributed by atoms with E-state index >= 15 is 0 Å². The molecule has 0 N–H and O–H groups in total. The van der Waals surface area contributed by atoms with E-state index < -0.39 is 41.9 Å². The normalized spacial score (nSPS) is 27.2. The number of esters is 4. The van der Waals surface area contributed by atoms with Crippen molar-refractivity contribution in [2.24, 2.45) is 58.2 Å². The van der Waals surface area contributed by atoms with Crippen LogP contribution >= 0.6 is 0 Å². The molecule has 4 saturated carbocycles. The van der Waals surface area contributed by atoms with Gasteiger partial charge in [0.15, 0.2) is 0 Å². The zero-order valence-corrected chi connectivity index (χ0v) is 39.2. The van der Waals surface area contributed by atoms with E-state index in [2.05, 4.69) is 20.8 Å². The van der Waals surface area contributed by atoms with E-state index in [0.29, 0.717) is 48.7 Å². The molecule has 4 aliphatic carbocycles. The van der Waals surface area contributed by atoms with Gasteiger partial charge in [0, 0.05) is 18.3 Å². The molecule has 0 saturated heterocycles. The van der Waals surface area contributed by atoms with Crippen LogP contribution in [0.4, 0.5) is 0 Å². The maximum Gasteiger partial charge on any atom is 0.464 e. The molecule has 4 unspecified atom stereocenters. The van der Waals surface area contributed by atoms with E-state index in [1.807, 2.05) is 13.8 Å². The summed E-state index contributed by atoms with van der Waals surface area (Å²) in [6.45, 7) is 11.2. The highest BCUT2D eigenvalue weighted by Gasteiger charge is 2.63. The summed E-state index contributed by atoms with van der Waals surface area (Å²) in [5.74, 6) is -4.69. The number of hydrogen-bond donors (Lipinski definition) is 0. The van der Waals surface area contributed by atoms with Gasteiger partial charge in [-0.15, -0.1) is 0 Å². The van der Waals surface area contributed by atoms with Crippen molar-refractivity contribution in [1.29, 1.82) is 0 Å². The van der Waals surface area contributed by atoms with E-state index in [1.165, 1.54) is 42.8 Å². The lowest BCUT2D eigenvalue weighted by Crippen LogP contribution is -2.58. The summed E-state index contributed by atoms with van der Waals surface area (Å²) in [4.78, 5) is 71.5. The van der Waals surface area contributed by atoms with Crippen LogP contribution in [0.3, 0.4) is 0 Å². The van der Waals surface area contributed by atoms with Crippen LogP contribution in [0.5, 0.6) is 0 Å². The van der Waals surface area contributed by atoms with Crippen molar-refractivity contribution in [2.75, 3.05) is 0 Å². The number of fused-ring (bicyclic) bond motifs is 5. The lowest BCUT2D eigenvalue weighted by molar-refractivity contribution is -0.350. The van der Waals surface area contributed by atoms with Crippen LogP contribution in [0.15, 0.2) is 121 Å². The SMILES string of the molecule is CC(C)C(CCC(C)[C@H]1CC[C@H]2[C@@H]3CC(=O)C4CCCC[C@]4(C)[C@H]3CC[C@]12C)C(OC(=O)c1ccccc1)C(OC(=O)c1ccccc1)(OC(=O)c1ccccc1)OC(=O)c1ccccc1. The van der Waals surface area contributed by atoms with Gasteiger partial charge in [0.1, 0.15) is 5.78 Å². The van der Waals surface area contributed by atoms with Gasteiger partial charge in [-0.1, -0.05) is 127 Å². The average molecular weight is 895 g/mol. The first-order valence-corrected chi connectivity index (χ1v) is 24.4. The van der Waals surface area contributed by atoms with Crippen LogP contribution in [0, 0.1) is 58.2 Å². The third kappa shape index (κ3) is 9.37. The van der Waals surface area contributed by atoms with Crippen molar-refractivity contribution in [2.45, 2.75) is 117 Å². The summed E-state index contributed by atoms with van der Waals surface area (Å²) < 4.78 is 25.4. The molecule has 0 spiro atoms. The number of carbonyl (C=O) groups excluding carboxylic acids is 5. The molecule has 9 nitrogen and oxygen atoms in total. The number of ketones is 1. The number of benzene rings is 4. The first kappa shape index (κ1) is 46.9. The van der Waals surface area contributed by atoms with Gasteiger partial charge in [-0.25, -0.2) is 19.2 Å². The van der Waals surface area contributed by atoms with Crippen molar-refractivity contribution < 1.29 is 42.9 Å². The highest BCUT2D eigenvalue weighted by molar-refractivity contribution is 5.93. The minimum Gasteiger partial charge on any atom is -0.446 e. The molecule has 4 fully saturated rings. The summed E-state index contributed by atoms with van der Waals surface area (Å²) in [6.07, 6.45) is 9.27. The fourth-order valence-electron chi connectivity index (χ4n) is 13.3. The number of Topliss-reactive ketones (excluding diaryl/α,β-unsaturated/α-hetero) is 1. The maximum absolute atomic E-state index is 14.4. The molecule has 9 heteroatoms. The Morgan fingerprint density at radius 2 is 1.05 bits per heavy atom. The summed E-state index contributed by atoms with van der Waals surface area (Å²) in [6, 6.07) is 32.9. The summed E-state index contributed by atoms with van der Waals surface area (Å²) in [7, 11) is 0. The molecule has 0 aromatic heterocycles. The minimum atomic E-state index is -2.90. The minimum absolute atomic E-state index is 0.0661. The Labute approximate surface area is 390 Å². The van der Waals surface area contributed by atoms with E-state index in [1.54, 1.807) is 84.9 Å². The molecule has 0 radical (unpaired) electrons. The molecule has 0 aliphatic heterocycles. The summed E-state index contributed by atoms with van der Waals surface area (Å²) >= 11 is 0. The molecular formula is C57H66O9. The maximum atomic E-state index is 14.4. The highest BCUT2D eigenvalue weighted by Crippen LogP contribution is 2.68. The fraction of sp³-hybridized carbons (Fsp3) is 0.491. The van der Waals surface area contributed by atoms with Gasteiger partial charge in [-0.05, 0) is 140 Å². The van der Waals surface area contributed by atoms with Gasteiger partial charge in [0.2, 0.25) is 6.10 Å². The fourth-order valence-corrected chi connectivity index (χ4v) is 13.3. The quantitative estimate of drug-likeness (QED) is 0.0848. The molecule has 348 valence electrons. The van der Waals surface area contributed by atoms with Crippen LogP contribution < -0.4 is 0 Å². The van der Waals surface area contributed by atoms with Gasteiger partial charge in [-0.2, -0.15) is 0 Å². The Balaban J connectivity index is 1.16. The molecule has 4 aliphatic rings. The topological polar surface area (TPSA) is 122 Å². The highest BCUT2D eigenvalue weighted by atomic mass is 16.9. The molecule has 0 bridgehead atoms. The second-order valence-corrected chi connectivity index (χ2v) is 20.6. The van der Waals surface area contributed by atoms with Gasteiger partial charge >= 0.3 is 29.9 Å². The van der Waals surface area contributed by atoms with Gasteiger partial charge < -0.3 is 18.9 Å².